The number of nitrogens with zero attached hydrogens (tertiary/aromatic N) is 1. The van der Waals surface area contributed by atoms with Crippen molar-refractivity contribution in [1.82, 2.24) is 0 Å². The fourth-order valence-corrected chi connectivity index (χ4v) is 1.40. The van der Waals surface area contributed by atoms with Gasteiger partial charge in [0.15, 0.2) is 0 Å². The molecule has 76 valence electrons. The van der Waals surface area contributed by atoms with Crippen molar-refractivity contribution < 1.29 is 9.90 Å². The zero-order chi connectivity index (χ0) is 10.6. The lowest BCUT2D eigenvalue weighted by molar-refractivity contribution is -0.116. The van der Waals surface area contributed by atoms with Gasteiger partial charge in [0.05, 0.1) is 6.61 Å². The van der Waals surface area contributed by atoms with Gasteiger partial charge in [-0.3, -0.25) is 4.79 Å². The summed E-state index contributed by atoms with van der Waals surface area (Å²) in [5, 5.41) is 9.36. The first-order chi connectivity index (χ1) is 6.65. The minimum absolute atomic E-state index is 0.0634. The van der Waals surface area contributed by atoms with E-state index < -0.39 is 0 Å². The Labute approximate surface area is 87.9 Å². The average Bonchev–Trinajstić information content (AvgIpc) is 2.13. The summed E-state index contributed by atoms with van der Waals surface area (Å²) in [5.41, 5.74) is 0.707. The molecule has 0 aliphatic heterocycles. The highest BCUT2D eigenvalue weighted by molar-refractivity contribution is 6.30. The van der Waals surface area contributed by atoms with E-state index in [2.05, 4.69) is 0 Å². The van der Waals surface area contributed by atoms with E-state index in [0.717, 1.165) is 0 Å². The fraction of sp³-hybridized carbons (Fsp3) is 0.300. The predicted molar refractivity (Wildman–Crippen MR) is 56.6 cm³/mol. The molecule has 0 unspecified atom stereocenters. The molecular formula is C10H12ClNO2. The average molecular weight is 214 g/mol. The van der Waals surface area contributed by atoms with Crippen molar-refractivity contribution in [3.8, 4) is 0 Å². The zero-order valence-corrected chi connectivity index (χ0v) is 8.66. The number of rotatable bonds is 3. The lowest BCUT2D eigenvalue weighted by Crippen LogP contribution is -2.31. The highest BCUT2D eigenvalue weighted by Crippen LogP contribution is 2.19. The van der Waals surface area contributed by atoms with Gasteiger partial charge >= 0.3 is 0 Å². The van der Waals surface area contributed by atoms with Gasteiger partial charge in [0, 0.05) is 24.2 Å². The standard InChI is InChI=1S/C10H12ClNO2/c1-8(14)12(5-6-13)10-4-2-3-9(11)7-10/h2-4,7,13H,5-6H2,1H3. The maximum Gasteiger partial charge on any atom is 0.223 e. The van der Waals surface area contributed by atoms with Crippen LogP contribution in [0.2, 0.25) is 5.02 Å². The summed E-state index contributed by atoms with van der Waals surface area (Å²) < 4.78 is 0. The number of anilines is 1. The molecule has 1 N–H and O–H groups in total. The predicted octanol–water partition coefficient (Wildman–Crippen LogP) is 1.69. The Balaban J connectivity index is 2.93. The minimum Gasteiger partial charge on any atom is -0.395 e. The molecule has 0 spiro atoms. The maximum atomic E-state index is 11.2. The van der Waals surface area contributed by atoms with Crippen LogP contribution in [-0.4, -0.2) is 24.2 Å². The molecule has 0 fully saturated rings. The number of carbonyl (C=O) groups is 1. The molecule has 4 heteroatoms. The van der Waals surface area contributed by atoms with Gasteiger partial charge in [-0.1, -0.05) is 17.7 Å². The molecule has 0 aromatic heterocycles. The van der Waals surface area contributed by atoms with Crippen molar-refractivity contribution in [2.75, 3.05) is 18.1 Å². The van der Waals surface area contributed by atoms with Gasteiger partial charge in [0.2, 0.25) is 5.91 Å². The lowest BCUT2D eigenvalue weighted by atomic mass is 10.3. The van der Waals surface area contributed by atoms with Crippen LogP contribution in [0.4, 0.5) is 5.69 Å². The summed E-state index contributed by atoms with van der Waals surface area (Å²) in [6.45, 7) is 1.68. The number of benzene rings is 1. The molecule has 0 saturated carbocycles. The molecule has 1 rings (SSSR count). The van der Waals surface area contributed by atoms with Crippen LogP contribution >= 0.6 is 11.6 Å². The number of aliphatic hydroxyl groups excluding tert-OH is 1. The molecule has 3 nitrogen and oxygen atoms in total. The Hall–Kier alpha value is -1.06. The van der Waals surface area contributed by atoms with Gasteiger partial charge in [-0.2, -0.15) is 0 Å². The Kier molecular flexibility index (Phi) is 3.92. The Morgan fingerprint density at radius 3 is 2.79 bits per heavy atom. The Morgan fingerprint density at radius 2 is 2.29 bits per heavy atom. The van der Waals surface area contributed by atoms with Crippen LogP contribution in [0, 0.1) is 0 Å². The van der Waals surface area contributed by atoms with Crippen molar-refractivity contribution in [2.24, 2.45) is 0 Å². The van der Waals surface area contributed by atoms with Crippen LogP contribution < -0.4 is 4.90 Å². The molecule has 0 saturated heterocycles. The van der Waals surface area contributed by atoms with Gasteiger partial charge in [0.1, 0.15) is 0 Å². The van der Waals surface area contributed by atoms with Gasteiger partial charge in [-0.05, 0) is 18.2 Å². The maximum absolute atomic E-state index is 11.2. The quantitative estimate of drug-likeness (QED) is 0.830. The largest absolute Gasteiger partial charge is 0.395 e. The third-order valence-electron chi connectivity index (χ3n) is 1.82. The van der Waals surface area contributed by atoms with Crippen molar-refractivity contribution >= 4 is 23.2 Å². The SMILES string of the molecule is CC(=O)N(CCO)c1cccc(Cl)c1. The highest BCUT2D eigenvalue weighted by atomic mass is 35.5. The van der Waals surface area contributed by atoms with E-state index in [4.69, 9.17) is 16.7 Å². The molecule has 0 heterocycles. The number of amides is 1. The van der Waals surface area contributed by atoms with Crippen LogP contribution in [0.25, 0.3) is 0 Å². The van der Waals surface area contributed by atoms with E-state index >= 15 is 0 Å². The summed E-state index contributed by atoms with van der Waals surface area (Å²) >= 11 is 5.79. The van der Waals surface area contributed by atoms with Gasteiger partial charge < -0.3 is 10.0 Å². The molecule has 1 aromatic rings. The van der Waals surface area contributed by atoms with Crippen LogP contribution in [-0.2, 0) is 4.79 Å². The number of hydrogen-bond acceptors (Lipinski definition) is 2. The number of hydrogen-bond donors (Lipinski definition) is 1. The monoisotopic (exact) mass is 213 g/mol. The van der Waals surface area contributed by atoms with E-state index in [1.165, 1.54) is 11.8 Å². The summed E-state index contributed by atoms with van der Waals surface area (Å²) in [4.78, 5) is 12.7. The first kappa shape index (κ1) is 11.0. The van der Waals surface area contributed by atoms with E-state index in [0.29, 0.717) is 10.7 Å². The molecule has 1 amide bonds. The normalized spacial score (nSPS) is 9.93. The Bertz CT molecular complexity index is 328. The van der Waals surface area contributed by atoms with E-state index in [9.17, 15) is 4.79 Å². The van der Waals surface area contributed by atoms with E-state index in [1.54, 1.807) is 24.3 Å². The topological polar surface area (TPSA) is 40.5 Å². The van der Waals surface area contributed by atoms with Crippen molar-refractivity contribution in [2.45, 2.75) is 6.92 Å². The van der Waals surface area contributed by atoms with Gasteiger partial charge in [-0.15, -0.1) is 0 Å². The summed E-state index contributed by atoms with van der Waals surface area (Å²) in [7, 11) is 0. The lowest BCUT2D eigenvalue weighted by Gasteiger charge is -2.19. The third-order valence-corrected chi connectivity index (χ3v) is 2.06. The second-order valence-electron chi connectivity index (χ2n) is 2.87. The molecule has 0 aliphatic rings. The van der Waals surface area contributed by atoms with Crippen LogP contribution in [0.5, 0.6) is 0 Å². The second kappa shape index (κ2) is 4.98. The van der Waals surface area contributed by atoms with Crippen molar-refractivity contribution in [3.63, 3.8) is 0 Å². The molecule has 0 atom stereocenters. The van der Waals surface area contributed by atoms with Crippen LogP contribution in [0.3, 0.4) is 0 Å². The van der Waals surface area contributed by atoms with E-state index in [1.807, 2.05) is 0 Å². The fourth-order valence-electron chi connectivity index (χ4n) is 1.21. The Morgan fingerprint density at radius 1 is 1.57 bits per heavy atom. The van der Waals surface area contributed by atoms with Crippen molar-refractivity contribution in [3.05, 3.63) is 29.3 Å². The van der Waals surface area contributed by atoms with Crippen LogP contribution in [0.15, 0.2) is 24.3 Å². The second-order valence-corrected chi connectivity index (χ2v) is 3.31. The van der Waals surface area contributed by atoms with Gasteiger partial charge in [0.25, 0.3) is 0 Å². The third kappa shape index (κ3) is 2.72. The number of aliphatic hydroxyl groups is 1. The highest BCUT2D eigenvalue weighted by Gasteiger charge is 2.10. The minimum atomic E-state index is -0.110. The molecule has 14 heavy (non-hydrogen) atoms. The zero-order valence-electron chi connectivity index (χ0n) is 7.90. The first-order valence-electron chi connectivity index (χ1n) is 4.29. The summed E-state index contributed by atoms with van der Waals surface area (Å²) in [5.74, 6) is -0.110. The van der Waals surface area contributed by atoms with Crippen LogP contribution in [0.1, 0.15) is 6.92 Å². The molecule has 0 bridgehead atoms. The smallest absolute Gasteiger partial charge is 0.223 e. The van der Waals surface area contributed by atoms with E-state index in [-0.39, 0.29) is 19.1 Å². The molecule has 0 radical (unpaired) electrons. The molecule has 1 aromatic carbocycles. The number of carbonyl (C=O) groups excluding carboxylic acids is 1. The summed E-state index contributed by atoms with van der Waals surface area (Å²) in [6, 6.07) is 6.98. The van der Waals surface area contributed by atoms with Gasteiger partial charge in [-0.25, -0.2) is 0 Å². The number of halogens is 1. The van der Waals surface area contributed by atoms with Crippen molar-refractivity contribution in [1.29, 1.82) is 0 Å². The summed E-state index contributed by atoms with van der Waals surface area (Å²) in [6.07, 6.45) is 0. The molecule has 0 aliphatic carbocycles. The molecular weight excluding hydrogens is 202 g/mol. The first-order valence-corrected chi connectivity index (χ1v) is 4.67.